The average Bonchev–Trinajstić information content (AvgIpc) is 3.29. The Labute approximate surface area is 183 Å². The van der Waals surface area contributed by atoms with Crippen molar-refractivity contribution in [2.45, 2.75) is 25.4 Å². The number of piperidine rings is 1. The van der Waals surface area contributed by atoms with Gasteiger partial charge >= 0.3 is 0 Å². The van der Waals surface area contributed by atoms with Crippen molar-refractivity contribution < 1.29 is 28.1 Å². The molecule has 0 saturated carbocycles. The number of likely N-dealkylation sites (N-methyl/N-ethyl adjacent to an activating group) is 1. The van der Waals surface area contributed by atoms with Gasteiger partial charge in [0.25, 0.3) is 11.8 Å². The molecule has 1 aromatic carbocycles. The zero-order valence-corrected chi connectivity index (χ0v) is 17.7. The lowest BCUT2D eigenvalue weighted by Gasteiger charge is -2.29. The molecule has 3 heterocycles. The van der Waals surface area contributed by atoms with Crippen LogP contribution in [-0.2, 0) is 25.7 Å². The van der Waals surface area contributed by atoms with Crippen LogP contribution >= 0.6 is 15.9 Å². The minimum absolute atomic E-state index is 0.0173. The summed E-state index contributed by atoms with van der Waals surface area (Å²) in [6.45, 7) is 0.0173. The van der Waals surface area contributed by atoms with Crippen molar-refractivity contribution in [2.75, 3.05) is 7.05 Å². The van der Waals surface area contributed by atoms with E-state index in [0.717, 1.165) is 11.0 Å². The molecule has 4 amide bonds. The highest BCUT2D eigenvalue weighted by atomic mass is 79.9. The van der Waals surface area contributed by atoms with E-state index < -0.39 is 35.5 Å². The number of amides is 4. The van der Waals surface area contributed by atoms with Crippen LogP contribution in [0.15, 0.2) is 39.0 Å². The van der Waals surface area contributed by atoms with Gasteiger partial charge in [0.15, 0.2) is 0 Å². The van der Waals surface area contributed by atoms with Crippen LogP contribution in [0, 0.1) is 5.82 Å². The van der Waals surface area contributed by atoms with Gasteiger partial charge in [0, 0.05) is 25.1 Å². The molecule has 1 aromatic heterocycles. The molecular formula is C19H15BrFN5O5. The molecule has 1 fully saturated rings. The second-order valence-corrected chi connectivity index (χ2v) is 7.86. The van der Waals surface area contributed by atoms with Crippen molar-refractivity contribution >= 4 is 39.6 Å². The van der Waals surface area contributed by atoms with E-state index in [-0.39, 0.29) is 41.3 Å². The highest BCUT2D eigenvalue weighted by molar-refractivity contribution is 9.10. The molecule has 12 heteroatoms. The van der Waals surface area contributed by atoms with Crippen LogP contribution in [0.5, 0.6) is 0 Å². The van der Waals surface area contributed by atoms with E-state index in [1.165, 1.54) is 23.1 Å². The monoisotopic (exact) mass is 491 g/mol. The third-order valence-electron chi connectivity index (χ3n) is 4.89. The van der Waals surface area contributed by atoms with Crippen molar-refractivity contribution in [3.05, 3.63) is 46.2 Å². The van der Waals surface area contributed by atoms with Crippen LogP contribution in [-0.4, -0.2) is 56.7 Å². The van der Waals surface area contributed by atoms with Crippen LogP contribution in [0.3, 0.4) is 0 Å². The Morgan fingerprint density at radius 2 is 2.10 bits per heavy atom. The number of hydrogen-bond donors (Lipinski definition) is 1. The van der Waals surface area contributed by atoms with Crippen LogP contribution in [0.25, 0.3) is 11.4 Å². The molecule has 1 atom stereocenters. The summed E-state index contributed by atoms with van der Waals surface area (Å²) in [4.78, 5) is 55.1. The van der Waals surface area contributed by atoms with Gasteiger partial charge in [-0.05, 0) is 40.5 Å². The summed E-state index contributed by atoms with van der Waals surface area (Å²) in [7, 11) is 1.56. The summed E-state index contributed by atoms with van der Waals surface area (Å²) in [5.74, 6) is -2.43. The topological polar surface area (TPSA) is 126 Å². The number of benzene rings is 1. The number of rotatable bonds is 5. The van der Waals surface area contributed by atoms with Gasteiger partial charge in [-0.2, -0.15) is 4.98 Å². The normalized spacial score (nSPS) is 19.0. The van der Waals surface area contributed by atoms with Gasteiger partial charge < -0.3 is 9.42 Å². The number of halogens is 2. The van der Waals surface area contributed by atoms with Gasteiger partial charge in [-0.15, -0.1) is 0 Å². The number of carbonyl (C=O) groups is 4. The Balaban J connectivity index is 1.47. The highest BCUT2D eigenvalue weighted by Gasteiger charge is 2.43. The molecule has 1 saturated heterocycles. The second-order valence-electron chi connectivity index (χ2n) is 7.01. The number of imide groups is 2. The van der Waals surface area contributed by atoms with E-state index in [0.29, 0.717) is 5.56 Å². The molecule has 160 valence electrons. The van der Waals surface area contributed by atoms with E-state index in [2.05, 4.69) is 31.4 Å². The maximum atomic E-state index is 13.4. The number of aromatic nitrogens is 2. The van der Waals surface area contributed by atoms with Crippen LogP contribution in [0.2, 0.25) is 0 Å². The van der Waals surface area contributed by atoms with E-state index in [1.807, 2.05) is 0 Å². The summed E-state index contributed by atoms with van der Waals surface area (Å²) in [6.07, 6.45) is 1.25. The van der Waals surface area contributed by atoms with Gasteiger partial charge in [0.1, 0.15) is 17.6 Å². The lowest BCUT2D eigenvalue weighted by atomic mass is 10.0. The Kier molecular flexibility index (Phi) is 5.39. The molecule has 0 radical (unpaired) electrons. The second kappa shape index (κ2) is 8.02. The maximum Gasteiger partial charge on any atom is 0.277 e. The molecule has 31 heavy (non-hydrogen) atoms. The summed E-state index contributed by atoms with van der Waals surface area (Å²) in [6, 6.07) is 3.23. The van der Waals surface area contributed by atoms with Crippen molar-refractivity contribution in [3.8, 4) is 11.4 Å². The number of nitrogens with one attached hydrogen (secondary N) is 1. The summed E-state index contributed by atoms with van der Waals surface area (Å²) in [5, 5.41) is 5.99. The molecule has 0 bridgehead atoms. The van der Waals surface area contributed by atoms with Crippen molar-refractivity contribution in [3.63, 3.8) is 0 Å². The van der Waals surface area contributed by atoms with E-state index >= 15 is 0 Å². The smallest absolute Gasteiger partial charge is 0.277 e. The van der Waals surface area contributed by atoms with E-state index in [1.54, 1.807) is 7.05 Å². The molecule has 0 spiro atoms. The average molecular weight is 492 g/mol. The molecule has 1 N–H and O–H groups in total. The molecule has 2 aromatic rings. The van der Waals surface area contributed by atoms with Crippen molar-refractivity contribution in [1.29, 1.82) is 0 Å². The third kappa shape index (κ3) is 3.98. The van der Waals surface area contributed by atoms with Gasteiger partial charge in [0.2, 0.25) is 23.5 Å². The first-order valence-electron chi connectivity index (χ1n) is 9.16. The van der Waals surface area contributed by atoms with Gasteiger partial charge in [-0.25, -0.2) is 4.39 Å². The summed E-state index contributed by atoms with van der Waals surface area (Å²) in [5.41, 5.74) is 0.584. The Morgan fingerprint density at radius 3 is 2.81 bits per heavy atom. The largest absolute Gasteiger partial charge is 0.361 e. The van der Waals surface area contributed by atoms with Crippen molar-refractivity contribution in [2.24, 2.45) is 0 Å². The molecule has 2 aliphatic rings. The van der Waals surface area contributed by atoms with Crippen LogP contribution < -0.4 is 5.32 Å². The molecule has 10 nitrogen and oxygen atoms in total. The molecular weight excluding hydrogens is 477 g/mol. The van der Waals surface area contributed by atoms with Gasteiger partial charge in [0.05, 0.1) is 11.0 Å². The molecule has 1 unspecified atom stereocenters. The van der Waals surface area contributed by atoms with Crippen LogP contribution in [0.4, 0.5) is 4.39 Å². The minimum atomic E-state index is -1.04. The standard InChI is InChI=1S/C19H15BrFN5O5/c1-25(8-15-23-17(24-31-15)9-2-3-11(21)10(20)6-9)13-7-16(28)26(19(13)30)12-4-5-14(27)22-18(12)29/h2-3,6-7,12H,4-5,8H2,1H3,(H,22,27,29). The first-order valence-corrected chi connectivity index (χ1v) is 9.96. The van der Waals surface area contributed by atoms with Crippen molar-refractivity contribution in [1.82, 2.24) is 25.3 Å². The summed E-state index contributed by atoms with van der Waals surface area (Å²) >= 11 is 3.10. The molecule has 4 rings (SSSR count). The minimum Gasteiger partial charge on any atom is -0.361 e. The predicted octanol–water partition coefficient (Wildman–Crippen LogP) is 1.13. The Hall–Kier alpha value is -3.41. The fourth-order valence-corrected chi connectivity index (χ4v) is 3.71. The van der Waals surface area contributed by atoms with Gasteiger partial charge in [-0.3, -0.25) is 29.4 Å². The zero-order chi connectivity index (χ0) is 22.3. The lowest BCUT2D eigenvalue weighted by molar-refractivity contribution is -0.150. The molecule has 2 aliphatic heterocycles. The fraction of sp³-hybridized carbons (Fsp3) is 0.263. The summed E-state index contributed by atoms with van der Waals surface area (Å²) < 4.78 is 18.9. The molecule has 0 aliphatic carbocycles. The van der Waals surface area contributed by atoms with E-state index in [9.17, 15) is 23.6 Å². The number of carbonyl (C=O) groups excluding carboxylic acids is 4. The number of nitrogens with zero attached hydrogens (tertiary/aromatic N) is 4. The first kappa shape index (κ1) is 20.8. The lowest BCUT2D eigenvalue weighted by Crippen LogP contribution is -2.54. The fourth-order valence-electron chi connectivity index (χ4n) is 3.33. The first-order chi connectivity index (χ1) is 14.7. The zero-order valence-electron chi connectivity index (χ0n) is 16.1. The quantitative estimate of drug-likeness (QED) is 0.616. The maximum absolute atomic E-state index is 13.4. The number of hydrogen-bond acceptors (Lipinski definition) is 8. The van der Waals surface area contributed by atoms with Gasteiger partial charge in [-0.1, -0.05) is 5.16 Å². The Morgan fingerprint density at radius 1 is 1.32 bits per heavy atom. The van der Waals surface area contributed by atoms with Crippen LogP contribution in [0.1, 0.15) is 18.7 Å². The highest BCUT2D eigenvalue weighted by Crippen LogP contribution is 2.25. The predicted molar refractivity (Wildman–Crippen MR) is 105 cm³/mol. The van der Waals surface area contributed by atoms with E-state index in [4.69, 9.17) is 4.52 Å². The third-order valence-corrected chi connectivity index (χ3v) is 5.49. The Bertz CT molecular complexity index is 1150. The SMILES string of the molecule is CN(Cc1nc(-c2ccc(F)c(Br)c2)no1)C1=CC(=O)N(C2CCC(=O)NC2=O)C1=O.